The van der Waals surface area contributed by atoms with Crippen molar-refractivity contribution in [1.82, 2.24) is 15.8 Å². The molecule has 3 rings (SSSR count). The van der Waals surface area contributed by atoms with E-state index in [0.29, 0.717) is 19.7 Å². The van der Waals surface area contributed by atoms with Gasteiger partial charge in [0, 0.05) is 12.1 Å². The Morgan fingerprint density at radius 3 is 2.48 bits per heavy atom. The van der Waals surface area contributed by atoms with Gasteiger partial charge in [-0.3, -0.25) is 10.2 Å². The van der Waals surface area contributed by atoms with E-state index in [-0.39, 0.29) is 11.7 Å². The number of ether oxygens (including phenoxy) is 1. The number of benzene rings is 2. The van der Waals surface area contributed by atoms with E-state index in [0.717, 1.165) is 5.56 Å². The van der Waals surface area contributed by atoms with E-state index in [1.807, 2.05) is 30.3 Å². The minimum atomic E-state index is -0.513. The first-order chi connectivity index (χ1) is 12.1. The summed E-state index contributed by atoms with van der Waals surface area (Å²) in [7, 11) is 0. The third kappa shape index (κ3) is 4.33. The highest BCUT2D eigenvalue weighted by Crippen LogP contribution is 2.21. The van der Waals surface area contributed by atoms with E-state index in [1.165, 1.54) is 24.3 Å². The van der Waals surface area contributed by atoms with Crippen molar-refractivity contribution in [1.29, 1.82) is 0 Å². The van der Waals surface area contributed by atoms with Gasteiger partial charge in [0.25, 0.3) is 5.91 Å². The lowest BCUT2D eigenvalue weighted by molar-refractivity contribution is -0.0158. The second kappa shape index (κ2) is 7.76. The van der Waals surface area contributed by atoms with Crippen molar-refractivity contribution in [3.63, 3.8) is 0 Å². The third-order valence-electron chi connectivity index (χ3n) is 3.91. The highest BCUT2D eigenvalue weighted by molar-refractivity contribution is 5.95. The maximum atomic E-state index is 12.9. The topological polar surface area (TPSA) is 70.7 Å². The molecule has 0 radical (unpaired) electrons. The molecule has 7 heteroatoms. The fraction of sp³-hybridized carbons (Fsp3) is 0.222. The van der Waals surface area contributed by atoms with Gasteiger partial charge in [0.05, 0.1) is 13.2 Å². The van der Waals surface area contributed by atoms with Gasteiger partial charge >= 0.3 is 6.03 Å². The smallest absolute Gasteiger partial charge is 0.336 e. The van der Waals surface area contributed by atoms with Crippen LogP contribution in [0.15, 0.2) is 54.6 Å². The fourth-order valence-electron chi connectivity index (χ4n) is 2.57. The molecule has 1 unspecified atom stereocenters. The SMILES string of the molecule is O=C(NNC(=O)N1CCOC(c2ccccc2)C1)c1ccc(F)cc1. The summed E-state index contributed by atoms with van der Waals surface area (Å²) in [6.45, 7) is 1.24. The van der Waals surface area contributed by atoms with Crippen LogP contribution in [0.2, 0.25) is 0 Å². The maximum absolute atomic E-state index is 12.9. The Balaban J connectivity index is 1.54. The molecule has 3 amide bonds. The Bertz CT molecular complexity index is 737. The van der Waals surface area contributed by atoms with Gasteiger partial charge < -0.3 is 9.64 Å². The monoisotopic (exact) mass is 343 g/mol. The number of rotatable bonds is 2. The van der Waals surface area contributed by atoms with Crippen LogP contribution in [0.5, 0.6) is 0 Å². The van der Waals surface area contributed by atoms with Crippen molar-refractivity contribution < 1.29 is 18.7 Å². The molecule has 1 fully saturated rings. The first-order valence-corrected chi connectivity index (χ1v) is 7.91. The van der Waals surface area contributed by atoms with Gasteiger partial charge in [-0.1, -0.05) is 30.3 Å². The summed E-state index contributed by atoms with van der Waals surface area (Å²) in [6, 6.07) is 14.3. The second-order valence-electron chi connectivity index (χ2n) is 5.61. The van der Waals surface area contributed by atoms with Crippen molar-refractivity contribution >= 4 is 11.9 Å². The summed E-state index contributed by atoms with van der Waals surface area (Å²) >= 11 is 0. The molecule has 130 valence electrons. The van der Waals surface area contributed by atoms with E-state index in [4.69, 9.17) is 4.74 Å². The molecule has 1 saturated heterocycles. The van der Waals surface area contributed by atoms with Crippen LogP contribution in [0.25, 0.3) is 0 Å². The van der Waals surface area contributed by atoms with Crippen LogP contribution in [0.3, 0.4) is 0 Å². The Kier molecular flexibility index (Phi) is 5.25. The van der Waals surface area contributed by atoms with Crippen LogP contribution in [-0.4, -0.2) is 36.5 Å². The lowest BCUT2D eigenvalue weighted by Crippen LogP contribution is -2.52. The molecule has 0 spiro atoms. The zero-order chi connectivity index (χ0) is 17.6. The van der Waals surface area contributed by atoms with Crippen LogP contribution in [0, 0.1) is 5.82 Å². The third-order valence-corrected chi connectivity index (χ3v) is 3.91. The maximum Gasteiger partial charge on any atom is 0.336 e. The number of hydrogen-bond acceptors (Lipinski definition) is 3. The number of amides is 3. The molecule has 0 aliphatic carbocycles. The summed E-state index contributed by atoms with van der Waals surface area (Å²) in [5.74, 6) is -0.943. The molecule has 0 saturated carbocycles. The number of hydrogen-bond donors (Lipinski definition) is 2. The van der Waals surface area contributed by atoms with Crippen molar-refractivity contribution in [2.75, 3.05) is 19.7 Å². The standard InChI is InChI=1S/C18H18FN3O3/c19-15-8-6-14(7-9-15)17(23)20-21-18(24)22-10-11-25-16(12-22)13-4-2-1-3-5-13/h1-9,16H,10-12H2,(H,20,23)(H,21,24). The van der Waals surface area contributed by atoms with Gasteiger partial charge in [-0.25, -0.2) is 14.6 Å². The minimum Gasteiger partial charge on any atom is -0.370 e. The number of nitrogens with zero attached hydrogens (tertiary/aromatic N) is 1. The lowest BCUT2D eigenvalue weighted by Gasteiger charge is -2.33. The molecule has 1 aliphatic rings. The minimum absolute atomic E-state index is 0.200. The summed E-state index contributed by atoms with van der Waals surface area (Å²) in [5, 5.41) is 0. The molecule has 2 aromatic carbocycles. The number of hydrazine groups is 1. The van der Waals surface area contributed by atoms with Crippen molar-refractivity contribution in [3.05, 3.63) is 71.5 Å². The molecule has 25 heavy (non-hydrogen) atoms. The van der Waals surface area contributed by atoms with Gasteiger partial charge in [0.2, 0.25) is 0 Å². The van der Waals surface area contributed by atoms with E-state index >= 15 is 0 Å². The molecule has 1 heterocycles. The quantitative estimate of drug-likeness (QED) is 0.822. The summed E-state index contributed by atoms with van der Waals surface area (Å²) < 4.78 is 18.6. The number of halogens is 1. The van der Waals surface area contributed by atoms with Gasteiger partial charge in [0.15, 0.2) is 0 Å². The predicted octanol–water partition coefficient (Wildman–Crippen LogP) is 2.25. The molecular formula is C18H18FN3O3. The van der Waals surface area contributed by atoms with Crippen LogP contribution < -0.4 is 10.9 Å². The van der Waals surface area contributed by atoms with E-state index in [9.17, 15) is 14.0 Å². The van der Waals surface area contributed by atoms with E-state index in [1.54, 1.807) is 4.90 Å². The summed E-state index contributed by atoms with van der Waals surface area (Å²) in [4.78, 5) is 25.8. The first kappa shape index (κ1) is 16.9. The lowest BCUT2D eigenvalue weighted by atomic mass is 10.1. The zero-order valence-corrected chi connectivity index (χ0v) is 13.4. The van der Waals surface area contributed by atoms with Crippen LogP contribution in [0.4, 0.5) is 9.18 Å². The summed E-state index contributed by atoms with van der Waals surface area (Å²) in [6.07, 6.45) is -0.200. The summed E-state index contributed by atoms with van der Waals surface area (Å²) in [5.41, 5.74) is 5.95. The fourth-order valence-corrected chi connectivity index (χ4v) is 2.57. The Morgan fingerprint density at radius 1 is 1.04 bits per heavy atom. The second-order valence-corrected chi connectivity index (χ2v) is 5.61. The molecule has 6 nitrogen and oxygen atoms in total. The molecule has 1 aliphatic heterocycles. The van der Waals surface area contributed by atoms with Crippen LogP contribution in [-0.2, 0) is 4.74 Å². The Labute approximate surface area is 144 Å². The van der Waals surface area contributed by atoms with E-state index < -0.39 is 17.8 Å². The number of morpholine rings is 1. The van der Waals surface area contributed by atoms with Crippen molar-refractivity contribution in [2.45, 2.75) is 6.10 Å². The molecule has 2 aromatic rings. The van der Waals surface area contributed by atoms with Gasteiger partial charge in [-0.05, 0) is 29.8 Å². The van der Waals surface area contributed by atoms with Gasteiger partial charge in [-0.15, -0.1) is 0 Å². The Morgan fingerprint density at radius 2 is 1.76 bits per heavy atom. The molecule has 0 bridgehead atoms. The average molecular weight is 343 g/mol. The highest BCUT2D eigenvalue weighted by Gasteiger charge is 2.25. The molecule has 1 atom stereocenters. The molecular weight excluding hydrogens is 325 g/mol. The number of carbonyl (C=O) groups excluding carboxylic acids is 2. The van der Waals surface area contributed by atoms with Crippen molar-refractivity contribution in [2.24, 2.45) is 0 Å². The van der Waals surface area contributed by atoms with Crippen LogP contribution >= 0.6 is 0 Å². The Hall–Kier alpha value is -2.93. The number of nitrogens with one attached hydrogen (secondary N) is 2. The normalized spacial score (nSPS) is 17.0. The van der Waals surface area contributed by atoms with Gasteiger partial charge in [-0.2, -0.15) is 0 Å². The predicted molar refractivity (Wildman–Crippen MR) is 89.1 cm³/mol. The van der Waals surface area contributed by atoms with Crippen LogP contribution in [0.1, 0.15) is 22.0 Å². The molecule has 0 aromatic heterocycles. The van der Waals surface area contributed by atoms with Crippen molar-refractivity contribution in [3.8, 4) is 0 Å². The largest absolute Gasteiger partial charge is 0.370 e. The zero-order valence-electron chi connectivity index (χ0n) is 13.4. The first-order valence-electron chi connectivity index (χ1n) is 7.91. The molecule has 2 N–H and O–H groups in total. The van der Waals surface area contributed by atoms with Gasteiger partial charge in [0.1, 0.15) is 11.9 Å². The number of carbonyl (C=O) groups is 2. The number of urea groups is 1. The average Bonchev–Trinajstić information content (AvgIpc) is 2.67. The highest BCUT2D eigenvalue weighted by atomic mass is 19.1. The van der Waals surface area contributed by atoms with E-state index in [2.05, 4.69) is 10.9 Å².